The Kier molecular flexibility index (Phi) is 5.59. The fourth-order valence-electron chi connectivity index (χ4n) is 2.92. The van der Waals surface area contributed by atoms with Gasteiger partial charge in [-0.2, -0.15) is 9.97 Å². The van der Waals surface area contributed by atoms with Crippen molar-refractivity contribution in [2.24, 2.45) is 7.05 Å². The minimum Gasteiger partial charge on any atom is -0.465 e. The van der Waals surface area contributed by atoms with Crippen molar-refractivity contribution in [1.82, 2.24) is 24.8 Å². The molecule has 0 aliphatic heterocycles. The summed E-state index contributed by atoms with van der Waals surface area (Å²) in [5.41, 5.74) is 0.812. The van der Waals surface area contributed by atoms with Gasteiger partial charge in [-0.1, -0.05) is 0 Å². The molecule has 0 saturated carbocycles. The van der Waals surface area contributed by atoms with Gasteiger partial charge in [0.1, 0.15) is 17.3 Å². The highest BCUT2D eigenvalue weighted by molar-refractivity contribution is 6.28. The number of hydrogen-bond donors (Lipinski definition) is 3. The molecule has 11 heteroatoms. The predicted molar refractivity (Wildman–Crippen MR) is 99.3 cm³/mol. The zero-order valence-corrected chi connectivity index (χ0v) is 15.8. The molecule has 8 nitrogen and oxygen atoms in total. The number of carboxylic acid groups (broad SMARTS) is 1. The van der Waals surface area contributed by atoms with Gasteiger partial charge in [0.2, 0.25) is 5.28 Å². The molecule has 3 heterocycles. The molecule has 28 heavy (non-hydrogen) atoms. The molecule has 0 unspecified atom stereocenters. The van der Waals surface area contributed by atoms with Crippen molar-refractivity contribution in [3.05, 3.63) is 46.6 Å². The quantitative estimate of drug-likeness (QED) is 0.539. The second kappa shape index (κ2) is 7.93. The maximum Gasteiger partial charge on any atom is 0.404 e. The van der Waals surface area contributed by atoms with Gasteiger partial charge in [0, 0.05) is 37.8 Å². The summed E-state index contributed by atoms with van der Waals surface area (Å²) in [4.78, 5) is 22.6. The molecule has 3 rings (SSSR count). The highest BCUT2D eigenvalue weighted by Gasteiger charge is 2.23. The van der Waals surface area contributed by atoms with Crippen LogP contribution in [0.3, 0.4) is 0 Å². The number of amides is 1. The minimum atomic E-state index is -1.20. The summed E-state index contributed by atoms with van der Waals surface area (Å²) in [7, 11) is 1.60. The SMILES string of the molecule is C[C@@H](Cc1c(F)c2c(NCc3ccncc3F)nc(Cl)nc2n1C)NC(=O)O. The van der Waals surface area contributed by atoms with Crippen LogP contribution in [-0.4, -0.2) is 36.8 Å². The largest absolute Gasteiger partial charge is 0.465 e. The number of nitrogens with zero attached hydrogens (tertiary/aromatic N) is 4. The van der Waals surface area contributed by atoms with E-state index in [2.05, 4.69) is 25.6 Å². The summed E-state index contributed by atoms with van der Waals surface area (Å²) in [5, 5.41) is 14.0. The van der Waals surface area contributed by atoms with Crippen LogP contribution in [0.15, 0.2) is 18.5 Å². The number of halogens is 3. The van der Waals surface area contributed by atoms with E-state index in [1.807, 2.05) is 0 Å². The summed E-state index contributed by atoms with van der Waals surface area (Å²) >= 11 is 5.97. The van der Waals surface area contributed by atoms with Crippen LogP contribution in [0.25, 0.3) is 11.0 Å². The zero-order chi connectivity index (χ0) is 20.4. The lowest BCUT2D eigenvalue weighted by atomic mass is 10.1. The molecule has 1 amide bonds. The zero-order valence-electron chi connectivity index (χ0n) is 15.0. The van der Waals surface area contributed by atoms with Crippen molar-refractivity contribution >= 4 is 34.5 Å². The van der Waals surface area contributed by atoms with Crippen LogP contribution in [-0.2, 0) is 20.0 Å². The van der Waals surface area contributed by atoms with Gasteiger partial charge in [-0.15, -0.1) is 0 Å². The third-order valence-corrected chi connectivity index (χ3v) is 4.40. The molecular formula is C17H17ClF2N6O2. The molecule has 0 aliphatic rings. The highest BCUT2D eigenvalue weighted by Crippen LogP contribution is 2.30. The van der Waals surface area contributed by atoms with E-state index in [-0.39, 0.29) is 40.8 Å². The summed E-state index contributed by atoms with van der Waals surface area (Å²) < 4.78 is 30.4. The molecule has 0 bridgehead atoms. The van der Waals surface area contributed by atoms with Gasteiger partial charge >= 0.3 is 6.09 Å². The van der Waals surface area contributed by atoms with Crippen molar-refractivity contribution < 1.29 is 18.7 Å². The molecule has 0 fully saturated rings. The van der Waals surface area contributed by atoms with Crippen molar-refractivity contribution in [2.75, 3.05) is 5.32 Å². The van der Waals surface area contributed by atoms with E-state index < -0.39 is 23.8 Å². The van der Waals surface area contributed by atoms with Gasteiger partial charge in [0.05, 0.1) is 17.3 Å². The van der Waals surface area contributed by atoms with Crippen LogP contribution in [0.4, 0.5) is 19.4 Å². The molecule has 3 aromatic heterocycles. The number of nitrogens with one attached hydrogen (secondary N) is 2. The summed E-state index contributed by atoms with van der Waals surface area (Å²) in [6.45, 7) is 1.66. The van der Waals surface area contributed by atoms with Crippen molar-refractivity contribution in [1.29, 1.82) is 0 Å². The third-order valence-electron chi connectivity index (χ3n) is 4.23. The average Bonchev–Trinajstić information content (AvgIpc) is 2.85. The first-order valence-corrected chi connectivity index (χ1v) is 8.67. The van der Waals surface area contributed by atoms with Crippen molar-refractivity contribution in [3.8, 4) is 0 Å². The molecule has 0 aromatic carbocycles. The standard InChI is InChI=1S/C17H17ClF2N6O2/c1-8(23-17(27)28)5-11-13(20)12-14(24-16(18)25-15(12)26(11)2)22-6-9-3-4-21-7-10(9)19/h3-4,7-8,23H,5-6H2,1-2H3,(H,27,28)(H,22,24,25)/t8-/m0/s1. The Hall–Kier alpha value is -3.01. The Morgan fingerprint density at radius 2 is 2.14 bits per heavy atom. The van der Waals surface area contributed by atoms with E-state index in [1.54, 1.807) is 14.0 Å². The Morgan fingerprint density at radius 3 is 2.82 bits per heavy atom. The number of aromatic nitrogens is 4. The number of hydrogen-bond acceptors (Lipinski definition) is 5. The van der Waals surface area contributed by atoms with Gasteiger partial charge in [-0.05, 0) is 24.6 Å². The number of carbonyl (C=O) groups is 1. The van der Waals surface area contributed by atoms with Crippen LogP contribution < -0.4 is 10.6 Å². The van der Waals surface area contributed by atoms with E-state index in [1.165, 1.54) is 16.8 Å². The second-order valence-electron chi connectivity index (χ2n) is 6.23. The monoisotopic (exact) mass is 410 g/mol. The molecule has 0 radical (unpaired) electrons. The van der Waals surface area contributed by atoms with Gasteiger partial charge in [0.25, 0.3) is 0 Å². The predicted octanol–water partition coefficient (Wildman–Crippen LogP) is 3.11. The van der Waals surface area contributed by atoms with Crippen LogP contribution in [0.2, 0.25) is 5.28 Å². The molecule has 3 N–H and O–H groups in total. The molecule has 0 spiro atoms. The first kappa shape index (κ1) is 19.7. The highest BCUT2D eigenvalue weighted by atomic mass is 35.5. The van der Waals surface area contributed by atoms with E-state index in [9.17, 15) is 9.18 Å². The Morgan fingerprint density at radius 1 is 1.39 bits per heavy atom. The molecular weight excluding hydrogens is 394 g/mol. The fraction of sp³-hybridized carbons (Fsp3) is 0.294. The lowest BCUT2D eigenvalue weighted by molar-refractivity contribution is 0.190. The van der Waals surface area contributed by atoms with Crippen molar-refractivity contribution in [2.45, 2.75) is 25.9 Å². The van der Waals surface area contributed by atoms with E-state index in [0.717, 1.165) is 6.20 Å². The molecule has 3 aromatic rings. The number of anilines is 1. The van der Waals surface area contributed by atoms with Crippen LogP contribution in [0.5, 0.6) is 0 Å². The molecule has 1 atom stereocenters. The summed E-state index contributed by atoms with van der Waals surface area (Å²) in [6, 6.07) is 0.967. The minimum absolute atomic E-state index is 0.0391. The maximum atomic E-state index is 15.1. The maximum absolute atomic E-state index is 15.1. The Balaban J connectivity index is 1.98. The van der Waals surface area contributed by atoms with E-state index in [4.69, 9.17) is 16.7 Å². The van der Waals surface area contributed by atoms with Gasteiger partial charge in [-0.3, -0.25) is 4.98 Å². The number of aryl methyl sites for hydroxylation is 1. The molecule has 0 saturated heterocycles. The van der Waals surface area contributed by atoms with Crippen LogP contribution >= 0.6 is 11.6 Å². The second-order valence-corrected chi connectivity index (χ2v) is 6.57. The van der Waals surface area contributed by atoms with Gasteiger partial charge in [0.15, 0.2) is 5.82 Å². The lowest BCUT2D eigenvalue weighted by Crippen LogP contribution is -2.33. The summed E-state index contributed by atoms with van der Waals surface area (Å²) in [5.74, 6) is -0.982. The normalized spacial score (nSPS) is 12.2. The third kappa shape index (κ3) is 3.96. The fourth-order valence-corrected chi connectivity index (χ4v) is 3.08. The van der Waals surface area contributed by atoms with E-state index in [0.29, 0.717) is 5.56 Å². The lowest BCUT2D eigenvalue weighted by Gasteiger charge is -2.11. The molecule has 0 aliphatic carbocycles. The van der Waals surface area contributed by atoms with Crippen LogP contribution in [0, 0.1) is 11.6 Å². The van der Waals surface area contributed by atoms with E-state index >= 15 is 4.39 Å². The average molecular weight is 411 g/mol. The first-order valence-electron chi connectivity index (χ1n) is 8.30. The first-order chi connectivity index (χ1) is 13.3. The summed E-state index contributed by atoms with van der Waals surface area (Å²) in [6.07, 6.45) is 1.43. The molecule has 148 valence electrons. The smallest absolute Gasteiger partial charge is 0.404 e. The van der Waals surface area contributed by atoms with Crippen molar-refractivity contribution in [3.63, 3.8) is 0 Å². The Labute approximate surface area is 163 Å². The Bertz CT molecular complexity index is 1040. The van der Waals surface area contributed by atoms with Gasteiger partial charge < -0.3 is 20.3 Å². The number of rotatable bonds is 6. The van der Waals surface area contributed by atoms with Crippen LogP contribution in [0.1, 0.15) is 18.2 Å². The number of fused-ring (bicyclic) bond motifs is 1. The number of pyridine rings is 1. The van der Waals surface area contributed by atoms with Gasteiger partial charge in [-0.25, -0.2) is 13.6 Å². The topological polar surface area (TPSA) is 105 Å².